The summed E-state index contributed by atoms with van der Waals surface area (Å²) in [5.74, 6) is 0.0383. The van der Waals surface area contributed by atoms with Crippen LogP contribution in [0.25, 0.3) is 0 Å². The van der Waals surface area contributed by atoms with Crippen molar-refractivity contribution in [3.05, 3.63) is 87.8 Å². The van der Waals surface area contributed by atoms with E-state index in [2.05, 4.69) is 52.5 Å². The zero-order chi connectivity index (χ0) is 23.9. The number of anilines is 1. The summed E-state index contributed by atoms with van der Waals surface area (Å²) in [7, 11) is 0. The van der Waals surface area contributed by atoms with E-state index in [1.807, 2.05) is 42.5 Å². The number of rotatable bonds is 7. The molecule has 0 saturated carbocycles. The molecular formula is C26H27IN4O3. The lowest BCUT2D eigenvalue weighted by Crippen LogP contribution is -2.44. The Morgan fingerprint density at radius 1 is 1.32 bits per heavy atom. The predicted octanol–water partition coefficient (Wildman–Crippen LogP) is 4.21. The van der Waals surface area contributed by atoms with Gasteiger partial charge in [-0.05, 0) is 59.2 Å². The number of nitrogens with zero attached hydrogens (tertiary/aromatic N) is 4. The Kier molecular flexibility index (Phi) is 6.30. The van der Waals surface area contributed by atoms with Crippen molar-refractivity contribution < 1.29 is 14.6 Å². The van der Waals surface area contributed by atoms with E-state index >= 15 is 0 Å². The maximum absolute atomic E-state index is 13.6. The van der Waals surface area contributed by atoms with Crippen molar-refractivity contribution in [2.75, 3.05) is 11.4 Å². The van der Waals surface area contributed by atoms with Gasteiger partial charge in [0.2, 0.25) is 0 Å². The Labute approximate surface area is 212 Å². The first-order valence-corrected chi connectivity index (χ1v) is 12.6. The molecule has 1 fully saturated rings. The summed E-state index contributed by atoms with van der Waals surface area (Å²) in [5, 5.41) is 18.9. The van der Waals surface area contributed by atoms with Crippen LogP contribution in [0.15, 0.2) is 67.4 Å². The number of aromatic nitrogens is 3. The fourth-order valence-electron chi connectivity index (χ4n) is 5.16. The van der Waals surface area contributed by atoms with Gasteiger partial charge in [0.15, 0.2) is 5.60 Å². The van der Waals surface area contributed by atoms with Gasteiger partial charge in [0.25, 0.3) is 5.91 Å². The van der Waals surface area contributed by atoms with Crippen molar-refractivity contribution >= 4 is 34.2 Å². The normalized spacial score (nSPS) is 24.6. The molecule has 0 radical (unpaired) electrons. The third-order valence-corrected chi connectivity index (χ3v) is 7.49. The smallest absolute Gasteiger partial charge is 0.264 e. The van der Waals surface area contributed by atoms with Gasteiger partial charge in [0.05, 0.1) is 18.0 Å². The summed E-state index contributed by atoms with van der Waals surface area (Å²) in [4.78, 5) is 15.4. The minimum Gasteiger partial charge on any atom is -0.382 e. The summed E-state index contributed by atoms with van der Waals surface area (Å²) in [5.41, 5.74) is 2.20. The number of hydrogen-bond donors (Lipinski definition) is 1. The van der Waals surface area contributed by atoms with E-state index in [9.17, 15) is 9.90 Å². The molecule has 176 valence electrons. The van der Waals surface area contributed by atoms with Crippen LogP contribution in [0.1, 0.15) is 42.7 Å². The molecule has 1 amide bonds. The molecule has 1 saturated heterocycles. The largest absolute Gasteiger partial charge is 0.382 e. The maximum Gasteiger partial charge on any atom is 0.264 e. The van der Waals surface area contributed by atoms with Crippen LogP contribution in [-0.2, 0) is 21.7 Å². The van der Waals surface area contributed by atoms with Gasteiger partial charge in [-0.25, -0.2) is 0 Å². The first kappa shape index (κ1) is 23.2. The number of aliphatic hydroxyl groups is 1. The standard InChI is InChI=1S/C26H27IN4O3/c1-3-12-31-23-10-9-19(27)15-21(23)26(25(31)33)17(2)14-20(34-26)11-13-30-16-22(28-29-30)24(32)18-7-5-4-6-8-18/h3-10,15-17,20,24,32H,1,11-14H2,2H3/t17-,20+,24-,26+/m1/s1. The second kappa shape index (κ2) is 9.24. The average molecular weight is 570 g/mol. The molecule has 0 unspecified atom stereocenters. The summed E-state index contributed by atoms with van der Waals surface area (Å²) in [6.07, 6.45) is 4.11. The predicted molar refractivity (Wildman–Crippen MR) is 137 cm³/mol. The number of carbonyl (C=O) groups is 1. The van der Waals surface area contributed by atoms with Gasteiger partial charge in [-0.2, -0.15) is 0 Å². The van der Waals surface area contributed by atoms with Crippen molar-refractivity contribution in [1.29, 1.82) is 0 Å². The number of hydrogen-bond acceptors (Lipinski definition) is 5. The molecule has 4 atom stereocenters. The van der Waals surface area contributed by atoms with Gasteiger partial charge in [-0.3, -0.25) is 9.48 Å². The molecular weight excluding hydrogens is 543 g/mol. The van der Waals surface area contributed by atoms with Crippen LogP contribution in [0.2, 0.25) is 0 Å². The molecule has 3 heterocycles. The number of carbonyl (C=O) groups excluding carboxylic acids is 1. The van der Waals surface area contributed by atoms with Gasteiger partial charge in [-0.1, -0.05) is 48.5 Å². The molecule has 2 aliphatic rings. The Balaban J connectivity index is 1.31. The first-order chi connectivity index (χ1) is 16.4. The lowest BCUT2D eigenvalue weighted by molar-refractivity contribution is -0.145. The van der Waals surface area contributed by atoms with Crippen molar-refractivity contribution in [3.63, 3.8) is 0 Å². The lowest BCUT2D eigenvalue weighted by Gasteiger charge is -2.28. The highest BCUT2D eigenvalue weighted by molar-refractivity contribution is 14.1. The quantitative estimate of drug-likeness (QED) is 0.340. The molecule has 1 N–H and O–H groups in total. The van der Waals surface area contributed by atoms with Crippen LogP contribution in [0, 0.1) is 9.49 Å². The molecule has 2 aromatic carbocycles. The van der Waals surface area contributed by atoms with Crippen LogP contribution in [0.5, 0.6) is 0 Å². The van der Waals surface area contributed by atoms with Crippen LogP contribution >= 0.6 is 22.6 Å². The summed E-state index contributed by atoms with van der Waals surface area (Å²) >= 11 is 2.28. The molecule has 5 rings (SSSR count). The number of aryl methyl sites for hydroxylation is 1. The molecule has 0 aliphatic carbocycles. The first-order valence-electron chi connectivity index (χ1n) is 11.5. The Bertz CT molecular complexity index is 1210. The monoisotopic (exact) mass is 570 g/mol. The molecule has 8 heteroatoms. The number of ether oxygens (including phenoxy) is 1. The SMILES string of the molecule is C=CCN1C(=O)[C@@]2(O[C@@H](CCn3cc([C@H](O)c4ccccc4)nn3)C[C@H]2C)c2cc(I)ccc21. The van der Waals surface area contributed by atoms with Gasteiger partial charge < -0.3 is 14.7 Å². The number of halogens is 1. The van der Waals surface area contributed by atoms with Crippen molar-refractivity contribution in [2.24, 2.45) is 5.92 Å². The van der Waals surface area contributed by atoms with Crippen molar-refractivity contribution in [1.82, 2.24) is 15.0 Å². The van der Waals surface area contributed by atoms with E-state index in [4.69, 9.17) is 4.74 Å². The minimum atomic E-state index is -0.957. The van der Waals surface area contributed by atoms with Crippen LogP contribution in [-0.4, -0.2) is 38.7 Å². The average Bonchev–Trinajstić information content (AvgIpc) is 3.51. The highest BCUT2D eigenvalue weighted by Crippen LogP contribution is 2.53. The topological polar surface area (TPSA) is 80.5 Å². The van der Waals surface area contributed by atoms with E-state index in [0.29, 0.717) is 25.2 Å². The van der Waals surface area contributed by atoms with Crippen molar-refractivity contribution in [3.8, 4) is 0 Å². The number of benzene rings is 2. The van der Waals surface area contributed by atoms with Gasteiger partial charge >= 0.3 is 0 Å². The second-order valence-electron chi connectivity index (χ2n) is 8.99. The van der Waals surface area contributed by atoms with E-state index in [1.54, 1.807) is 21.9 Å². The van der Waals surface area contributed by atoms with Gasteiger partial charge in [0.1, 0.15) is 11.8 Å². The number of aliphatic hydroxyl groups excluding tert-OH is 1. The van der Waals surface area contributed by atoms with E-state index in [-0.39, 0.29) is 17.9 Å². The van der Waals surface area contributed by atoms with Crippen LogP contribution in [0.3, 0.4) is 0 Å². The fraction of sp³-hybridized carbons (Fsp3) is 0.346. The third kappa shape index (κ3) is 3.87. The summed E-state index contributed by atoms with van der Waals surface area (Å²) in [6.45, 7) is 6.97. The molecule has 7 nitrogen and oxygen atoms in total. The minimum absolute atomic E-state index is 0.00609. The molecule has 0 bridgehead atoms. The van der Waals surface area contributed by atoms with Gasteiger partial charge in [0, 0.05) is 28.1 Å². The number of amides is 1. The highest BCUT2D eigenvalue weighted by atomic mass is 127. The van der Waals surface area contributed by atoms with Crippen LogP contribution < -0.4 is 4.90 Å². The Morgan fingerprint density at radius 2 is 2.12 bits per heavy atom. The van der Waals surface area contributed by atoms with E-state index in [1.165, 1.54) is 0 Å². The molecule has 3 aromatic rings. The maximum atomic E-state index is 13.6. The Morgan fingerprint density at radius 3 is 2.88 bits per heavy atom. The second-order valence-corrected chi connectivity index (χ2v) is 10.2. The Hall–Kier alpha value is -2.56. The molecule has 1 spiro atoms. The molecule has 1 aromatic heterocycles. The van der Waals surface area contributed by atoms with Crippen molar-refractivity contribution in [2.45, 2.75) is 44.1 Å². The molecule has 34 heavy (non-hydrogen) atoms. The van der Waals surface area contributed by atoms with E-state index < -0.39 is 11.7 Å². The number of fused-ring (bicyclic) bond motifs is 2. The van der Waals surface area contributed by atoms with Gasteiger partial charge in [-0.15, -0.1) is 11.7 Å². The van der Waals surface area contributed by atoms with Crippen LogP contribution in [0.4, 0.5) is 5.69 Å². The summed E-state index contributed by atoms with van der Waals surface area (Å²) in [6, 6.07) is 15.5. The fourth-order valence-corrected chi connectivity index (χ4v) is 5.65. The zero-order valence-electron chi connectivity index (χ0n) is 19.0. The lowest BCUT2D eigenvalue weighted by atomic mass is 9.83. The zero-order valence-corrected chi connectivity index (χ0v) is 21.1. The third-order valence-electron chi connectivity index (χ3n) is 6.82. The molecule has 2 aliphatic heterocycles. The van der Waals surface area contributed by atoms with E-state index in [0.717, 1.165) is 26.8 Å². The summed E-state index contributed by atoms with van der Waals surface area (Å²) < 4.78 is 9.41. The highest BCUT2D eigenvalue weighted by Gasteiger charge is 2.59.